The average molecular weight is 413 g/mol. The lowest BCUT2D eigenvalue weighted by molar-refractivity contribution is -0.142. The van der Waals surface area contributed by atoms with Gasteiger partial charge in [0, 0.05) is 13.1 Å². The van der Waals surface area contributed by atoms with Gasteiger partial charge in [0.2, 0.25) is 5.91 Å². The van der Waals surface area contributed by atoms with Crippen LogP contribution in [0.3, 0.4) is 0 Å². The first-order valence-corrected chi connectivity index (χ1v) is 10.3. The predicted octanol–water partition coefficient (Wildman–Crippen LogP) is 3.63. The molecule has 1 unspecified atom stereocenters. The summed E-state index contributed by atoms with van der Waals surface area (Å²) in [5, 5.41) is 2.87. The Hall–Kier alpha value is -3.02. The molecule has 0 saturated heterocycles. The van der Waals surface area contributed by atoms with E-state index in [1.54, 1.807) is 18.9 Å². The van der Waals surface area contributed by atoms with Crippen LogP contribution in [-0.2, 0) is 16.1 Å². The van der Waals surface area contributed by atoms with Crippen molar-refractivity contribution >= 4 is 11.8 Å². The first kappa shape index (κ1) is 23.3. The van der Waals surface area contributed by atoms with Gasteiger partial charge in [-0.1, -0.05) is 36.8 Å². The van der Waals surface area contributed by atoms with Gasteiger partial charge in [0.1, 0.15) is 17.5 Å². The summed E-state index contributed by atoms with van der Waals surface area (Å²) in [6, 6.07) is 12.7. The summed E-state index contributed by atoms with van der Waals surface area (Å²) in [4.78, 5) is 27.1. The zero-order chi connectivity index (χ0) is 22.1. The zero-order valence-electron chi connectivity index (χ0n) is 18.5. The molecule has 0 spiro atoms. The fraction of sp³-hybridized carbons (Fsp3) is 0.417. The number of nitrogens with zero attached hydrogens (tertiary/aromatic N) is 1. The van der Waals surface area contributed by atoms with E-state index in [1.807, 2.05) is 63.2 Å². The van der Waals surface area contributed by atoms with Crippen molar-refractivity contribution in [1.29, 1.82) is 0 Å². The van der Waals surface area contributed by atoms with Crippen molar-refractivity contribution in [1.82, 2.24) is 10.2 Å². The molecule has 0 aliphatic heterocycles. The maximum absolute atomic E-state index is 13.0. The quantitative estimate of drug-likeness (QED) is 0.647. The third-order valence-corrected chi connectivity index (χ3v) is 4.91. The maximum atomic E-state index is 13.0. The summed E-state index contributed by atoms with van der Waals surface area (Å²) in [6.07, 6.45) is 0.834. The Kier molecular flexibility index (Phi) is 8.71. The minimum Gasteiger partial charge on any atom is -0.497 e. The first-order valence-electron chi connectivity index (χ1n) is 10.3. The molecule has 1 atom stereocenters. The van der Waals surface area contributed by atoms with Crippen molar-refractivity contribution in [3.8, 4) is 11.5 Å². The lowest BCUT2D eigenvalue weighted by atomic mass is 10.1. The molecule has 2 rings (SSSR count). The van der Waals surface area contributed by atoms with Crippen LogP contribution in [0.5, 0.6) is 11.5 Å². The number of nitrogens with one attached hydrogen (secondary N) is 1. The largest absolute Gasteiger partial charge is 0.497 e. The Morgan fingerprint density at radius 3 is 2.40 bits per heavy atom. The lowest BCUT2D eigenvalue weighted by Gasteiger charge is -2.29. The smallest absolute Gasteiger partial charge is 0.261 e. The number of ether oxygens (including phenoxy) is 2. The standard InChI is InChI=1S/C24H32N2O4/c1-6-13-25-24(28)19(4)26(15-20-8-10-21(29-5)11-9-20)23(27)16-30-22-12-7-17(2)14-18(22)3/h7-12,14,19H,6,13,15-16H2,1-5H3,(H,25,28). The average Bonchev–Trinajstić information content (AvgIpc) is 2.74. The van der Waals surface area contributed by atoms with Crippen LogP contribution in [-0.4, -0.2) is 43.0 Å². The summed E-state index contributed by atoms with van der Waals surface area (Å²) < 4.78 is 11.0. The molecule has 0 aliphatic rings. The Balaban J connectivity index is 2.15. The summed E-state index contributed by atoms with van der Waals surface area (Å²) in [5.74, 6) is 0.986. The van der Waals surface area contributed by atoms with Gasteiger partial charge in [-0.25, -0.2) is 0 Å². The second kappa shape index (κ2) is 11.2. The predicted molar refractivity (Wildman–Crippen MR) is 118 cm³/mol. The molecular weight excluding hydrogens is 380 g/mol. The Labute approximate surface area is 179 Å². The third-order valence-electron chi connectivity index (χ3n) is 4.91. The lowest BCUT2D eigenvalue weighted by Crippen LogP contribution is -2.49. The number of rotatable bonds is 10. The second-order valence-electron chi connectivity index (χ2n) is 7.39. The van der Waals surface area contributed by atoms with Crippen LogP contribution < -0.4 is 14.8 Å². The number of carbonyl (C=O) groups is 2. The molecule has 0 saturated carbocycles. The van der Waals surface area contributed by atoms with E-state index in [9.17, 15) is 9.59 Å². The van der Waals surface area contributed by atoms with Crippen LogP contribution in [0.25, 0.3) is 0 Å². The summed E-state index contributed by atoms with van der Waals surface area (Å²) >= 11 is 0. The Morgan fingerprint density at radius 2 is 1.80 bits per heavy atom. The van der Waals surface area contributed by atoms with Crippen molar-refractivity contribution in [3.05, 3.63) is 59.2 Å². The van der Waals surface area contributed by atoms with Crippen molar-refractivity contribution in [3.63, 3.8) is 0 Å². The van der Waals surface area contributed by atoms with E-state index in [0.717, 1.165) is 28.9 Å². The molecule has 30 heavy (non-hydrogen) atoms. The molecule has 6 nitrogen and oxygen atoms in total. The van der Waals surface area contributed by atoms with E-state index in [-0.39, 0.29) is 18.4 Å². The number of benzene rings is 2. The molecular formula is C24H32N2O4. The highest BCUT2D eigenvalue weighted by molar-refractivity contribution is 5.87. The highest BCUT2D eigenvalue weighted by Gasteiger charge is 2.26. The van der Waals surface area contributed by atoms with E-state index in [1.165, 1.54) is 0 Å². The van der Waals surface area contributed by atoms with E-state index in [4.69, 9.17) is 9.47 Å². The maximum Gasteiger partial charge on any atom is 0.261 e. The number of aryl methyl sites for hydroxylation is 2. The molecule has 0 aromatic heterocycles. The fourth-order valence-electron chi connectivity index (χ4n) is 3.09. The van der Waals surface area contributed by atoms with Crippen LogP contribution in [0.2, 0.25) is 0 Å². The zero-order valence-corrected chi connectivity index (χ0v) is 18.5. The summed E-state index contributed by atoms with van der Waals surface area (Å²) in [7, 11) is 1.61. The van der Waals surface area contributed by atoms with Crippen molar-refractivity contribution in [2.75, 3.05) is 20.3 Å². The normalized spacial score (nSPS) is 11.5. The van der Waals surface area contributed by atoms with Gasteiger partial charge in [-0.3, -0.25) is 9.59 Å². The van der Waals surface area contributed by atoms with E-state index in [2.05, 4.69) is 5.32 Å². The highest BCUT2D eigenvalue weighted by Crippen LogP contribution is 2.19. The van der Waals surface area contributed by atoms with Crippen LogP contribution in [0.4, 0.5) is 0 Å². The second-order valence-corrected chi connectivity index (χ2v) is 7.39. The fourth-order valence-corrected chi connectivity index (χ4v) is 3.09. The molecule has 0 aliphatic carbocycles. The van der Waals surface area contributed by atoms with Gasteiger partial charge >= 0.3 is 0 Å². The van der Waals surface area contributed by atoms with Crippen LogP contribution in [0.1, 0.15) is 37.0 Å². The molecule has 6 heteroatoms. The molecule has 0 bridgehead atoms. The van der Waals surface area contributed by atoms with Crippen LogP contribution in [0, 0.1) is 13.8 Å². The number of hydrogen-bond donors (Lipinski definition) is 1. The highest BCUT2D eigenvalue weighted by atomic mass is 16.5. The van der Waals surface area contributed by atoms with Crippen molar-refractivity contribution in [2.45, 2.75) is 46.7 Å². The molecule has 2 aromatic rings. The number of amides is 2. The van der Waals surface area contributed by atoms with Gasteiger partial charge in [-0.2, -0.15) is 0 Å². The molecule has 2 amide bonds. The number of methoxy groups -OCH3 is 1. The van der Waals surface area contributed by atoms with Gasteiger partial charge in [0.15, 0.2) is 6.61 Å². The minimum absolute atomic E-state index is 0.133. The van der Waals surface area contributed by atoms with Gasteiger partial charge in [-0.15, -0.1) is 0 Å². The van der Waals surface area contributed by atoms with E-state index < -0.39 is 6.04 Å². The van der Waals surface area contributed by atoms with Crippen LogP contribution in [0.15, 0.2) is 42.5 Å². The molecule has 0 radical (unpaired) electrons. The topological polar surface area (TPSA) is 67.9 Å². The van der Waals surface area contributed by atoms with Gasteiger partial charge < -0.3 is 19.7 Å². The molecule has 162 valence electrons. The molecule has 1 N–H and O–H groups in total. The number of hydrogen-bond acceptors (Lipinski definition) is 4. The first-order chi connectivity index (χ1) is 14.3. The van der Waals surface area contributed by atoms with Crippen LogP contribution >= 0.6 is 0 Å². The molecule has 2 aromatic carbocycles. The van der Waals surface area contributed by atoms with Gasteiger partial charge in [0.25, 0.3) is 5.91 Å². The molecule has 0 heterocycles. The minimum atomic E-state index is -0.617. The SMILES string of the molecule is CCCNC(=O)C(C)N(Cc1ccc(OC)cc1)C(=O)COc1ccc(C)cc1C. The monoisotopic (exact) mass is 412 g/mol. The Morgan fingerprint density at radius 1 is 1.10 bits per heavy atom. The summed E-state index contributed by atoms with van der Waals surface area (Å²) in [5.41, 5.74) is 3.01. The van der Waals surface area contributed by atoms with Crippen molar-refractivity contribution in [2.24, 2.45) is 0 Å². The van der Waals surface area contributed by atoms with E-state index >= 15 is 0 Å². The summed E-state index contributed by atoms with van der Waals surface area (Å²) in [6.45, 7) is 8.43. The van der Waals surface area contributed by atoms with Gasteiger partial charge in [-0.05, 0) is 56.5 Å². The molecule has 0 fully saturated rings. The third kappa shape index (κ3) is 6.51. The van der Waals surface area contributed by atoms with Crippen molar-refractivity contribution < 1.29 is 19.1 Å². The number of carbonyl (C=O) groups excluding carboxylic acids is 2. The Bertz CT molecular complexity index is 849. The van der Waals surface area contributed by atoms with Gasteiger partial charge in [0.05, 0.1) is 7.11 Å². The van der Waals surface area contributed by atoms with E-state index in [0.29, 0.717) is 18.8 Å².